The van der Waals surface area contributed by atoms with Gasteiger partial charge in [-0.15, -0.1) is 0 Å². The third-order valence-electron chi connectivity index (χ3n) is 2.62. The first-order valence-electron chi connectivity index (χ1n) is 5.52. The van der Waals surface area contributed by atoms with E-state index in [1.807, 2.05) is 19.1 Å². The standard InChI is InChI=1S/C14H14N2O2/c1-9-3-4-10(8-16-9)11-5-12(14(17)18-2)7-13(15)6-11/h3-8H,15H2,1-2H3. The summed E-state index contributed by atoms with van der Waals surface area (Å²) in [7, 11) is 1.35. The van der Waals surface area contributed by atoms with E-state index in [1.54, 1.807) is 24.4 Å². The molecule has 1 aromatic heterocycles. The van der Waals surface area contributed by atoms with E-state index in [9.17, 15) is 4.79 Å². The van der Waals surface area contributed by atoms with Gasteiger partial charge in [-0.1, -0.05) is 6.07 Å². The summed E-state index contributed by atoms with van der Waals surface area (Å²) < 4.78 is 4.69. The van der Waals surface area contributed by atoms with Crippen molar-refractivity contribution in [2.45, 2.75) is 6.92 Å². The first-order chi connectivity index (χ1) is 8.60. The molecule has 2 aromatic rings. The van der Waals surface area contributed by atoms with Gasteiger partial charge in [0.05, 0.1) is 12.7 Å². The number of nitrogen functional groups attached to an aromatic ring is 1. The third kappa shape index (κ3) is 2.48. The Morgan fingerprint density at radius 2 is 2.00 bits per heavy atom. The predicted molar refractivity (Wildman–Crippen MR) is 70.2 cm³/mol. The van der Waals surface area contributed by atoms with Gasteiger partial charge in [-0.3, -0.25) is 4.98 Å². The molecule has 0 aliphatic carbocycles. The number of hydrogen-bond donors (Lipinski definition) is 1. The molecule has 0 aliphatic heterocycles. The number of rotatable bonds is 2. The summed E-state index contributed by atoms with van der Waals surface area (Å²) in [4.78, 5) is 15.7. The van der Waals surface area contributed by atoms with Crippen molar-refractivity contribution in [3.63, 3.8) is 0 Å². The van der Waals surface area contributed by atoms with Gasteiger partial charge in [-0.05, 0) is 36.8 Å². The average molecular weight is 242 g/mol. The fraction of sp³-hybridized carbons (Fsp3) is 0.143. The number of esters is 1. The largest absolute Gasteiger partial charge is 0.465 e. The molecule has 4 nitrogen and oxygen atoms in total. The smallest absolute Gasteiger partial charge is 0.337 e. The number of aromatic nitrogens is 1. The number of nitrogens with two attached hydrogens (primary N) is 1. The molecule has 0 amide bonds. The molecule has 92 valence electrons. The quantitative estimate of drug-likeness (QED) is 0.648. The van der Waals surface area contributed by atoms with Crippen LogP contribution in [0.4, 0.5) is 5.69 Å². The number of ether oxygens (including phenoxy) is 1. The second kappa shape index (κ2) is 4.87. The number of benzene rings is 1. The van der Waals surface area contributed by atoms with Gasteiger partial charge in [-0.2, -0.15) is 0 Å². The summed E-state index contributed by atoms with van der Waals surface area (Å²) in [5.41, 5.74) is 9.46. The number of pyridine rings is 1. The van der Waals surface area contributed by atoms with Crippen molar-refractivity contribution in [2.75, 3.05) is 12.8 Å². The average Bonchev–Trinajstić information content (AvgIpc) is 2.38. The highest BCUT2D eigenvalue weighted by Gasteiger charge is 2.09. The molecule has 18 heavy (non-hydrogen) atoms. The van der Waals surface area contributed by atoms with Gasteiger partial charge >= 0.3 is 5.97 Å². The molecule has 2 N–H and O–H groups in total. The molecule has 1 aromatic carbocycles. The van der Waals surface area contributed by atoms with E-state index in [1.165, 1.54) is 7.11 Å². The molecule has 0 fully saturated rings. The molecule has 0 saturated carbocycles. The summed E-state index contributed by atoms with van der Waals surface area (Å²) in [5.74, 6) is -0.399. The van der Waals surface area contributed by atoms with E-state index in [0.29, 0.717) is 11.3 Å². The van der Waals surface area contributed by atoms with Crippen molar-refractivity contribution in [1.82, 2.24) is 4.98 Å². The van der Waals surface area contributed by atoms with Crippen LogP contribution >= 0.6 is 0 Å². The summed E-state index contributed by atoms with van der Waals surface area (Å²) in [5, 5.41) is 0. The molecule has 2 rings (SSSR count). The van der Waals surface area contributed by atoms with Crippen LogP contribution in [0.2, 0.25) is 0 Å². The number of anilines is 1. The molecule has 1 heterocycles. The Morgan fingerprint density at radius 3 is 2.61 bits per heavy atom. The van der Waals surface area contributed by atoms with Gasteiger partial charge in [0.1, 0.15) is 0 Å². The molecule has 0 aliphatic rings. The SMILES string of the molecule is COC(=O)c1cc(N)cc(-c2ccc(C)nc2)c1. The second-order valence-corrected chi connectivity index (χ2v) is 4.02. The first kappa shape index (κ1) is 12.1. The van der Waals surface area contributed by atoms with E-state index < -0.39 is 5.97 Å². The highest BCUT2D eigenvalue weighted by Crippen LogP contribution is 2.23. The molecule has 0 radical (unpaired) electrons. The van der Waals surface area contributed by atoms with Gasteiger partial charge in [0.25, 0.3) is 0 Å². The van der Waals surface area contributed by atoms with E-state index >= 15 is 0 Å². The van der Waals surface area contributed by atoms with Gasteiger partial charge < -0.3 is 10.5 Å². The molecule has 0 atom stereocenters. The van der Waals surface area contributed by atoms with E-state index in [0.717, 1.165) is 16.8 Å². The van der Waals surface area contributed by atoms with Crippen LogP contribution in [0.3, 0.4) is 0 Å². The molecular formula is C14H14N2O2. The van der Waals surface area contributed by atoms with Gasteiger partial charge in [-0.25, -0.2) is 4.79 Å². The lowest BCUT2D eigenvalue weighted by atomic mass is 10.0. The van der Waals surface area contributed by atoms with Gasteiger partial charge in [0, 0.05) is 23.1 Å². The minimum Gasteiger partial charge on any atom is -0.465 e. The van der Waals surface area contributed by atoms with Crippen LogP contribution in [0, 0.1) is 6.92 Å². The van der Waals surface area contributed by atoms with Crippen molar-refractivity contribution < 1.29 is 9.53 Å². The minimum absolute atomic E-state index is 0.399. The Balaban J connectivity index is 2.48. The molecule has 0 unspecified atom stereocenters. The fourth-order valence-corrected chi connectivity index (χ4v) is 1.69. The van der Waals surface area contributed by atoms with Crippen LogP contribution in [-0.2, 0) is 4.74 Å². The van der Waals surface area contributed by atoms with Crippen LogP contribution in [-0.4, -0.2) is 18.1 Å². The maximum atomic E-state index is 11.5. The highest BCUT2D eigenvalue weighted by molar-refractivity contribution is 5.92. The predicted octanol–water partition coefficient (Wildman–Crippen LogP) is 2.43. The number of aryl methyl sites for hydroxylation is 1. The Kier molecular flexibility index (Phi) is 3.28. The monoisotopic (exact) mass is 242 g/mol. The zero-order chi connectivity index (χ0) is 13.1. The van der Waals surface area contributed by atoms with Gasteiger partial charge in [0.15, 0.2) is 0 Å². The first-order valence-corrected chi connectivity index (χ1v) is 5.52. The number of nitrogens with zero attached hydrogens (tertiary/aromatic N) is 1. The van der Waals surface area contributed by atoms with Crippen LogP contribution in [0.5, 0.6) is 0 Å². The highest BCUT2D eigenvalue weighted by atomic mass is 16.5. The molecule has 0 bridgehead atoms. The molecular weight excluding hydrogens is 228 g/mol. The molecule has 0 saturated heterocycles. The molecule has 4 heteroatoms. The zero-order valence-electron chi connectivity index (χ0n) is 10.3. The fourth-order valence-electron chi connectivity index (χ4n) is 1.69. The van der Waals surface area contributed by atoms with Gasteiger partial charge in [0.2, 0.25) is 0 Å². The van der Waals surface area contributed by atoms with E-state index in [-0.39, 0.29) is 0 Å². The lowest BCUT2D eigenvalue weighted by molar-refractivity contribution is 0.0601. The Labute approximate surface area is 105 Å². The van der Waals surface area contributed by atoms with E-state index in [2.05, 4.69) is 4.98 Å². The van der Waals surface area contributed by atoms with Crippen molar-refractivity contribution in [3.8, 4) is 11.1 Å². The normalized spacial score (nSPS) is 10.1. The summed E-state index contributed by atoms with van der Waals surface area (Å²) in [6.07, 6.45) is 1.76. The minimum atomic E-state index is -0.399. The van der Waals surface area contributed by atoms with Crippen molar-refractivity contribution in [1.29, 1.82) is 0 Å². The van der Waals surface area contributed by atoms with Crippen LogP contribution in [0.15, 0.2) is 36.5 Å². The van der Waals surface area contributed by atoms with Crippen LogP contribution in [0.1, 0.15) is 16.1 Å². The number of carbonyl (C=O) groups excluding carboxylic acids is 1. The Hall–Kier alpha value is -2.36. The third-order valence-corrected chi connectivity index (χ3v) is 2.62. The Bertz CT molecular complexity index is 577. The van der Waals surface area contributed by atoms with Crippen molar-refractivity contribution in [3.05, 3.63) is 47.8 Å². The number of methoxy groups -OCH3 is 1. The van der Waals surface area contributed by atoms with Crippen LogP contribution < -0.4 is 5.73 Å². The maximum Gasteiger partial charge on any atom is 0.337 e. The molecule has 0 spiro atoms. The number of carbonyl (C=O) groups is 1. The zero-order valence-corrected chi connectivity index (χ0v) is 10.3. The summed E-state index contributed by atoms with van der Waals surface area (Å²) in [6.45, 7) is 1.92. The summed E-state index contributed by atoms with van der Waals surface area (Å²) in [6, 6.07) is 9.00. The maximum absolute atomic E-state index is 11.5. The van der Waals surface area contributed by atoms with Crippen LogP contribution in [0.25, 0.3) is 11.1 Å². The lowest BCUT2D eigenvalue weighted by Crippen LogP contribution is -2.02. The summed E-state index contributed by atoms with van der Waals surface area (Å²) >= 11 is 0. The Morgan fingerprint density at radius 1 is 1.22 bits per heavy atom. The van der Waals surface area contributed by atoms with Crippen molar-refractivity contribution in [2.24, 2.45) is 0 Å². The van der Waals surface area contributed by atoms with Crippen molar-refractivity contribution >= 4 is 11.7 Å². The number of hydrogen-bond acceptors (Lipinski definition) is 4. The lowest BCUT2D eigenvalue weighted by Gasteiger charge is -2.06. The topological polar surface area (TPSA) is 65.2 Å². The van der Waals surface area contributed by atoms with E-state index in [4.69, 9.17) is 10.5 Å². The second-order valence-electron chi connectivity index (χ2n) is 4.02.